The minimum atomic E-state index is -1.31. The Morgan fingerprint density at radius 3 is 2.43 bits per heavy atom. The predicted molar refractivity (Wildman–Crippen MR) is 103 cm³/mol. The lowest BCUT2D eigenvalue weighted by molar-refractivity contribution is -0.254. The Balaban J connectivity index is 1.64. The van der Waals surface area contributed by atoms with E-state index in [4.69, 9.17) is 4.42 Å². The van der Waals surface area contributed by atoms with Gasteiger partial charge in [-0.05, 0) is 36.0 Å². The van der Waals surface area contributed by atoms with Crippen molar-refractivity contribution >= 4 is 40.6 Å². The second-order valence-corrected chi connectivity index (χ2v) is 6.88. The fraction of sp³-hybridized carbons (Fsp3) is 0. The molecule has 0 aliphatic carbocycles. The van der Waals surface area contributed by atoms with E-state index in [1.165, 1.54) is 12.1 Å². The zero-order valence-corrected chi connectivity index (χ0v) is 15.1. The van der Waals surface area contributed by atoms with E-state index in [0.717, 1.165) is 16.7 Å². The molecule has 1 saturated heterocycles. The summed E-state index contributed by atoms with van der Waals surface area (Å²) >= 11 is 0.819. The van der Waals surface area contributed by atoms with Crippen molar-refractivity contribution in [3.8, 4) is 11.3 Å². The molecule has 4 rings (SSSR count). The van der Waals surface area contributed by atoms with Gasteiger partial charge in [-0.25, -0.2) is 4.90 Å². The average Bonchev–Trinajstić information content (AvgIpc) is 3.27. The van der Waals surface area contributed by atoms with E-state index in [1.54, 1.807) is 60.7 Å². The highest BCUT2D eigenvalue weighted by molar-refractivity contribution is 8.19. The molecule has 6 nitrogen and oxygen atoms in total. The molecule has 0 spiro atoms. The quantitative estimate of drug-likeness (QED) is 0.633. The van der Waals surface area contributed by atoms with Crippen molar-refractivity contribution in [1.29, 1.82) is 0 Å². The third-order valence-electron chi connectivity index (χ3n) is 4.12. The third kappa shape index (κ3) is 3.23. The van der Waals surface area contributed by atoms with Gasteiger partial charge in [-0.1, -0.05) is 42.5 Å². The summed E-state index contributed by atoms with van der Waals surface area (Å²) in [6, 6.07) is 18.2. The van der Waals surface area contributed by atoms with Crippen LogP contribution in [0.5, 0.6) is 0 Å². The Morgan fingerprint density at radius 2 is 1.68 bits per heavy atom. The number of nitrogens with zero attached hydrogens (tertiary/aromatic N) is 1. The summed E-state index contributed by atoms with van der Waals surface area (Å²) in [5.41, 5.74) is 0.878. The molecule has 2 heterocycles. The standard InChI is InChI=1S/C21H13NO5S/c23-19-18(28-21(26)22(19)13-6-2-1-3-7-13)12-14-10-11-17(27-14)15-8-4-5-9-16(15)20(24)25/h1-12H,(H,24,25)/p-1/b18-12-. The molecule has 0 radical (unpaired) electrons. The molecule has 28 heavy (non-hydrogen) atoms. The molecular weight excluding hydrogens is 378 g/mol. The van der Waals surface area contributed by atoms with E-state index in [0.29, 0.717) is 22.8 Å². The van der Waals surface area contributed by atoms with Gasteiger partial charge < -0.3 is 14.3 Å². The number of aromatic carboxylic acids is 1. The maximum Gasteiger partial charge on any atom is 0.298 e. The Hall–Kier alpha value is -3.58. The van der Waals surface area contributed by atoms with E-state index in [9.17, 15) is 19.5 Å². The first-order valence-electron chi connectivity index (χ1n) is 8.28. The molecule has 1 aromatic heterocycles. The number of rotatable bonds is 4. The van der Waals surface area contributed by atoms with Crippen molar-refractivity contribution in [3.63, 3.8) is 0 Å². The summed E-state index contributed by atoms with van der Waals surface area (Å²) in [7, 11) is 0. The minimum absolute atomic E-state index is 0.00722. The fourth-order valence-electron chi connectivity index (χ4n) is 2.85. The van der Waals surface area contributed by atoms with Crippen LogP contribution in [-0.4, -0.2) is 17.1 Å². The Bertz CT molecular complexity index is 1120. The minimum Gasteiger partial charge on any atom is -0.545 e. The van der Waals surface area contributed by atoms with Gasteiger partial charge in [0.05, 0.1) is 16.6 Å². The second kappa shape index (κ2) is 7.21. The van der Waals surface area contributed by atoms with Crippen LogP contribution < -0.4 is 10.0 Å². The number of imide groups is 1. The van der Waals surface area contributed by atoms with Crippen molar-refractivity contribution in [1.82, 2.24) is 0 Å². The van der Waals surface area contributed by atoms with Crippen LogP contribution in [0.1, 0.15) is 16.1 Å². The molecule has 1 fully saturated rings. The number of carboxylic acid groups (broad SMARTS) is 1. The largest absolute Gasteiger partial charge is 0.545 e. The van der Waals surface area contributed by atoms with E-state index < -0.39 is 17.1 Å². The van der Waals surface area contributed by atoms with Crippen LogP contribution in [0.2, 0.25) is 0 Å². The molecule has 138 valence electrons. The van der Waals surface area contributed by atoms with Crippen molar-refractivity contribution in [2.45, 2.75) is 0 Å². The van der Waals surface area contributed by atoms with Gasteiger partial charge in [0.2, 0.25) is 0 Å². The maximum absolute atomic E-state index is 12.6. The molecule has 0 atom stereocenters. The van der Waals surface area contributed by atoms with Gasteiger partial charge in [0, 0.05) is 17.2 Å². The summed E-state index contributed by atoms with van der Waals surface area (Å²) in [5, 5.41) is 10.9. The van der Waals surface area contributed by atoms with Crippen LogP contribution in [0.15, 0.2) is 76.1 Å². The lowest BCUT2D eigenvalue weighted by atomic mass is 10.1. The highest BCUT2D eigenvalue weighted by Gasteiger charge is 2.36. The summed E-state index contributed by atoms with van der Waals surface area (Å²) < 4.78 is 5.68. The highest BCUT2D eigenvalue weighted by atomic mass is 32.2. The number of furan rings is 1. The number of hydrogen-bond acceptors (Lipinski definition) is 6. The number of hydrogen-bond donors (Lipinski definition) is 0. The molecule has 0 unspecified atom stereocenters. The molecule has 3 aromatic rings. The zero-order chi connectivity index (χ0) is 19.7. The smallest absolute Gasteiger partial charge is 0.298 e. The highest BCUT2D eigenvalue weighted by Crippen LogP contribution is 2.36. The fourth-order valence-corrected chi connectivity index (χ4v) is 3.67. The monoisotopic (exact) mass is 390 g/mol. The molecule has 1 aliphatic heterocycles. The molecule has 0 N–H and O–H groups in total. The molecule has 0 bridgehead atoms. The van der Waals surface area contributed by atoms with Crippen molar-refractivity contribution < 1.29 is 23.9 Å². The number of amides is 2. The lowest BCUT2D eigenvalue weighted by Crippen LogP contribution is -2.27. The van der Waals surface area contributed by atoms with E-state index in [-0.39, 0.29) is 10.5 Å². The maximum atomic E-state index is 12.6. The first-order chi connectivity index (χ1) is 13.5. The Kier molecular flexibility index (Phi) is 4.58. The molecule has 2 aromatic carbocycles. The summed E-state index contributed by atoms with van der Waals surface area (Å²) in [6.07, 6.45) is 1.47. The Morgan fingerprint density at radius 1 is 0.964 bits per heavy atom. The van der Waals surface area contributed by atoms with Crippen LogP contribution in [0, 0.1) is 0 Å². The number of carboxylic acids is 1. The first-order valence-corrected chi connectivity index (χ1v) is 9.10. The van der Waals surface area contributed by atoms with Gasteiger partial charge in [0.15, 0.2) is 0 Å². The molecule has 1 aliphatic rings. The number of carbonyl (C=O) groups excluding carboxylic acids is 3. The molecule has 0 saturated carbocycles. The SMILES string of the molecule is O=C([O-])c1ccccc1-c1ccc(/C=C2\SC(=O)N(c3ccccc3)C2=O)o1. The first kappa shape index (κ1) is 17.8. The lowest BCUT2D eigenvalue weighted by Gasteiger charge is -2.11. The second-order valence-electron chi connectivity index (χ2n) is 5.89. The van der Waals surface area contributed by atoms with Crippen LogP contribution in [0.4, 0.5) is 10.5 Å². The van der Waals surface area contributed by atoms with Gasteiger partial charge in [-0.2, -0.15) is 0 Å². The normalized spacial score (nSPS) is 15.4. The topological polar surface area (TPSA) is 90.6 Å². The van der Waals surface area contributed by atoms with Gasteiger partial charge >= 0.3 is 0 Å². The Labute approximate surface area is 164 Å². The van der Waals surface area contributed by atoms with Crippen molar-refractivity contribution in [2.75, 3.05) is 4.90 Å². The van der Waals surface area contributed by atoms with Gasteiger partial charge in [-0.15, -0.1) is 0 Å². The van der Waals surface area contributed by atoms with Gasteiger partial charge in [0.25, 0.3) is 11.1 Å². The van der Waals surface area contributed by atoms with E-state index in [1.807, 2.05) is 0 Å². The number of carbonyl (C=O) groups is 3. The van der Waals surface area contributed by atoms with E-state index in [2.05, 4.69) is 0 Å². The van der Waals surface area contributed by atoms with Gasteiger partial charge in [0.1, 0.15) is 11.5 Å². The number of para-hydroxylation sites is 1. The zero-order valence-electron chi connectivity index (χ0n) is 14.3. The summed E-state index contributed by atoms with van der Waals surface area (Å²) in [4.78, 5) is 37.5. The van der Waals surface area contributed by atoms with Crippen LogP contribution in [0.3, 0.4) is 0 Å². The van der Waals surface area contributed by atoms with Crippen molar-refractivity contribution in [2.24, 2.45) is 0 Å². The third-order valence-corrected chi connectivity index (χ3v) is 4.99. The molecule has 2 amide bonds. The molecule has 7 heteroatoms. The number of anilines is 1. The van der Waals surface area contributed by atoms with Crippen LogP contribution >= 0.6 is 11.8 Å². The number of benzene rings is 2. The summed E-state index contributed by atoms with van der Waals surface area (Å²) in [5.74, 6) is -1.08. The average molecular weight is 390 g/mol. The van der Waals surface area contributed by atoms with Gasteiger partial charge in [-0.3, -0.25) is 9.59 Å². The van der Waals surface area contributed by atoms with Crippen LogP contribution in [0.25, 0.3) is 17.4 Å². The van der Waals surface area contributed by atoms with Crippen LogP contribution in [-0.2, 0) is 4.79 Å². The molecular formula is C21H12NO5S-. The summed E-state index contributed by atoms with van der Waals surface area (Å²) in [6.45, 7) is 0. The van der Waals surface area contributed by atoms with E-state index >= 15 is 0 Å². The predicted octanol–water partition coefficient (Wildman–Crippen LogP) is 3.55. The number of thioether (sulfide) groups is 1. The van der Waals surface area contributed by atoms with Crippen molar-refractivity contribution in [3.05, 3.63) is 83.0 Å².